The number of hydrogen-bond donors (Lipinski definition) is 2. The van der Waals surface area contributed by atoms with Gasteiger partial charge in [0.25, 0.3) is 0 Å². The highest BCUT2D eigenvalue weighted by Gasteiger charge is 2.37. The van der Waals surface area contributed by atoms with E-state index in [-0.39, 0.29) is 12.1 Å². The number of rotatable bonds is 3. The maximum absolute atomic E-state index is 8.94. The average Bonchev–Trinajstić information content (AvgIpc) is 1.78. The molecule has 10 heavy (non-hydrogen) atoms. The molecule has 1 saturated heterocycles. The summed E-state index contributed by atoms with van der Waals surface area (Å²) in [5, 5.41) is 12.2. The summed E-state index contributed by atoms with van der Waals surface area (Å²) >= 11 is 0. The molecule has 0 aliphatic carbocycles. The summed E-state index contributed by atoms with van der Waals surface area (Å²) in [7, 11) is 0. The van der Waals surface area contributed by atoms with Gasteiger partial charge in [-0.15, -0.1) is 0 Å². The highest BCUT2D eigenvalue weighted by Crippen LogP contribution is 2.16. The summed E-state index contributed by atoms with van der Waals surface area (Å²) in [5.74, 6) is 0. The molecule has 0 aromatic heterocycles. The van der Waals surface area contributed by atoms with Gasteiger partial charge in [0.1, 0.15) is 0 Å². The van der Waals surface area contributed by atoms with Crippen LogP contribution in [0.5, 0.6) is 0 Å². The van der Waals surface area contributed by atoms with E-state index < -0.39 is 0 Å². The Balaban J connectivity index is 2.33. The minimum Gasteiger partial charge on any atom is -0.394 e. The molecule has 3 nitrogen and oxygen atoms in total. The molecule has 0 bridgehead atoms. The zero-order chi connectivity index (χ0) is 7.61. The molecule has 0 aromatic carbocycles. The van der Waals surface area contributed by atoms with E-state index in [1.165, 1.54) is 0 Å². The quantitative estimate of drug-likeness (QED) is 0.575. The molecule has 0 saturated carbocycles. The Kier molecular flexibility index (Phi) is 2.28. The molecule has 2 N–H and O–H groups in total. The van der Waals surface area contributed by atoms with Crippen LogP contribution in [-0.4, -0.2) is 36.5 Å². The lowest BCUT2D eigenvalue weighted by Gasteiger charge is -2.42. The lowest BCUT2D eigenvalue weighted by Crippen LogP contribution is -2.64. The minimum absolute atomic E-state index is 0.131. The second-order valence-corrected chi connectivity index (χ2v) is 3.23. The maximum atomic E-state index is 8.94. The van der Waals surface area contributed by atoms with Crippen LogP contribution < -0.4 is 5.32 Å². The molecule has 0 unspecified atom stereocenters. The van der Waals surface area contributed by atoms with Crippen LogP contribution in [0.1, 0.15) is 13.8 Å². The number of hydrogen-bond acceptors (Lipinski definition) is 3. The van der Waals surface area contributed by atoms with Crippen molar-refractivity contribution in [1.82, 2.24) is 5.32 Å². The van der Waals surface area contributed by atoms with Crippen LogP contribution in [0.4, 0.5) is 0 Å². The second-order valence-electron chi connectivity index (χ2n) is 3.23. The van der Waals surface area contributed by atoms with Gasteiger partial charge in [0.05, 0.1) is 25.4 Å². The summed E-state index contributed by atoms with van der Waals surface area (Å²) < 4.78 is 5.01. The van der Waals surface area contributed by atoms with Crippen molar-refractivity contribution in [1.29, 1.82) is 0 Å². The van der Waals surface area contributed by atoms with Gasteiger partial charge in [-0.25, -0.2) is 0 Å². The van der Waals surface area contributed by atoms with Gasteiger partial charge in [-0.3, -0.25) is 0 Å². The van der Waals surface area contributed by atoms with Crippen LogP contribution in [0.25, 0.3) is 0 Å². The van der Waals surface area contributed by atoms with Crippen molar-refractivity contribution in [2.75, 3.05) is 19.8 Å². The number of ether oxygens (including phenoxy) is 1. The molecule has 0 radical (unpaired) electrons. The zero-order valence-corrected chi connectivity index (χ0v) is 6.55. The van der Waals surface area contributed by atoms with Crippen molar-refractivity contribution < 1.29 is 9.84 Å². The predicted octanol–water partition coefficient (Wildman–Crippen LogP) is -0.254. The third-order valence-electron chi connectivity index (χ3n) is 1.65. The highest BCUT2D eigenvalue weighted by molar-refractivity contribution is 4.94. The van der Waals surface area contributed by atoms with E-state index in [4.69, 9.17) is 9.84 Å². The number of nitrogens with one attached hydrogen (secondary N) is 1. The van der Waals surface area contributed by atoms with Crippen LogP contribution in [-0.2, 0) is 4.74 Å². The van der Waals surface area contributed by atoms with Crippen LogP contribution in [0.15, 0.2) is 0 Å². The molecular weight excluding hydrogens is 130 g/mol. The first kappa shape index (κ1) is 7.98. The fourth-order valence-electron chi connectivity index (χ4n) is 1.18. The second kappa shape index (κ2) is 2.86. The van der Waals surface area contributed by atoms with Crippen molar-refractivity contribution in [3.05, 3.63) is 0 Å². The van der Waals surface area contributed by atoms with E-state index in [9.17, 15) is 0 Å². The van der Waals surface area contributed by atoms with E-state index in [0.29, 0.717) is 19.3 Å². The fourth-order valence-corrected chi connectivity index (χ4v) is 1.18. The molecular formula is C7H15NO2. The molecule has 0 spiro atoms. The SMILES string of the molecule is CC(C)NC1(CO)COC1. The van der Waals surface area contributed by atoms with Gasteiger partial charge in [-0.1, -0.05) is 13.8 Å². The third kappa shape index (κ3) is 1.48. The Morgan fingerprint density at radius 3 is 2.30 bits per heavy atom. The molecule has 1 rings (SSSR count). The Labute approximate surface area is 61.4 Å². The standard InChI is InChI=1S/C7H15NO2/c1-6(2)8-7(3-9)4-10-5-7/h6,8-9H,3-5H2,1-2H3. The number of aliphatic hydroxyl groups excluding tert-OH is 1. The van der Waals surface area contributed by atoms with Gasteiger partial charge in [0.15, 0.2) is 0 Å². The van der Waals surface area contributed by atoms with Crippen LogP contribution in [0.3, 0.4) is 0 Å². The van der Waals surface area contributed by atoms with Crippen molar-refractivity contribution in [2.24, 2.45) is 0 Å². The van der Waals surface area contributed by atoms with Crippen LogP contribution >= 0.6 is 0 Å². The molecule has 0 amide bonds. The Morgan fingerprint density at radius 2 is 2.20 bits per heavy atom. The summed E-state index contributed by atoms with van der Waals surface area (Å²) in [6.45, 7) is 5.58. The maximum Gasteiger partial charge on any atom is 0.0889 e. The summed E-state index contributed by atoms with van der Waals surface area (Å²) in [6, 6.07) is 0.413. The number of aliphatic hydroxyl groups is 1. The van der Waals surface area contributed by atoms with Crippen molar-refractivity contribution >= 4 is 0 Å². The topological polar surface area (TPSA) is 41.5 Å². The molecule has 1 aliphatic rings. The van der Waals surface area contributed by atoms with Crippen molar-refractivity contribution in [3.8, 4) is 0 Å². The van der Waals surface area contributed by atoms with Crippen LogP contribution in [0.2, 0.25) is 0 Å². The van der Waals surface area contributed by atoms with Gasteiger partial charge in [-0.2, -0.15) is 0 Å². The summed E-state index contributed by atoms with van der Waals surface area (Å²) in [4.78, 5) is 0. The lowest BCUT2D eigenvalue weighted by molar-refractivity contribution is -0.101. The predicted molar refractivity (Wildman–Crippen MR) is 38.9 cm³/mol. The van der Waals surface area contributed by atoms with Gasteiger partial charge in [0, 0.05) is 6.04 Å². The molecule has 1 aliphatic heterocycles. The Hall–Kier alpha value is -0.120. The molecule has 1 heterocycles. The summed E-state index contributed by atoms with van der Waals surface area (Å²) in [6.07, 6.45) is 0. The van der Waals surface area contributed by atoms with Gasteiger partial charge >= 0.3 is 0 Å². The largest absolute Gasteiger partial charge is 0.394 e. The Bertz CT molecular complexity index is 105. The summed E-state index contributed by atoms with van der Waals surface area (Å²) in [5.41, 5.74) is -0.131. The first-order valence-electron chi connectivity index (χ1n) is 3.65. The Morgan fingerprint density at radius 1 is 1.60 bits per heavy atom. The molecule has 0 aromatic rings. The first-order valence-corrected chi connectivity index (χ1v) is 3.65. The monoisotopic (exact) mass is 145 g/mol. The van der Waals surface area contributed by atoms with Crippen LogP contribution in [0, 0.1) is 0 Å². The third-order valence-corrected chi connectivity index (χ3v) is 1.65. The molecule has 60 valence electrons. The molecule has 0 atom stereocenters. The van der Waals surface area contributed by atoms with Gasteiger partial charge in [0.2, 0.25) is 0 Å². The highest BCUT2D eigenvalue weighted by atomic mass is 16.5. The average molecular weight is 145 g/mol. The van der Waals surface area contributed by atoms with Crippen molar-refractivity contribution in [2.45, 2.75) is 25.4 Å². The fraction of sp³-hybridized carbons (Fsp3) is 1.00. The lowest BCUT2D eigenvalue weighted by atomic mass is 9.98. The van der Waals surface area contributed by atoms with Crippen molar-refractivity contribution in [3.63, 3.8) is 0 Å². The first-order chi connectivity index (χ1) is 4.68. The smallest absolute Gasteiger partial charge is 0.0889 e. The van der Waals surface area contributed by atoms with Gasteiger partial charge < -0.3 is 15.2 Å². The molecule has 3 heteroatoms. The van der Waals surface area contributed by atoms with Gasteiger partial charge in [-0.05, 0) is 0 Å². The minimum atomic E-state index is -0.131. The zero-order valence-electron chi connectivity index (χ0n) is 6.55. The van der Waals surface area contributed by atoms with E-state index in [1.54, 1.807) is 0 Å². The normalized spacial score (nSPS) is 22.8. The van der Waals surface area contributed by atoms with E-state index >= 15 is 0 Å². The molecule has 1 fully saturated rings. The van der Waals surface area contributed by atoms with E-state index in [1.807, 2.05) is 0 Å². The van der Waals surface area contributed by atoms with E-state index in [2.05, 4.69) is 19.2 Å². The van der Waals surface area contributed by atoms with E-state index in [0.717, 1.165) is 0 Å².